The first-order chi connectivity index (χ1) is 9.52. The quantitative estimate of drug-likeness (QED) is 0.518. The maximum absolute atomic E-state index is 12.4. The number of hydrogen-bond donors (Lipinski definition) is 1. The van der Waals surface area contributed by atoms with Gasteiger partial charge in [-0.1, -0.05) is 32.9 Å². The Hall–Kier alpha value is -1.53. The van der Waals surface area contributed by atoms with Crippen LogP contribution in [0.5, 0.6) is 0 Å². The predicted molar refractivity (Wildman–Crippen MR) is 78.3 cm³/mol. The molecular formula is C15H24F2N2O2. The number of methoxy groups -OCH3 is 1. The van der Waals surface area contributed by atoms with Crippen LogP contribution in [-0.4, -0.2) is 31.2 Å². The summed E-state index contributed by atoms with van der Waals surface area (Å²) in [5, 5.41) is 1.38. The van der Waals surface area contributed by atoms with Gasteiger partial charge in [0.05, 0.1) is 7.11 Å². The molecule has 1 aromatic rings. The van der Waals surface area contributed by atoms with Crippen molar-refractivity contribution in [3.05, 3.63) is 35.4 Å². The summed E-state index contributed by atoms with van der Waals surface area (Å²) in [5.41, 5.74) is 0.131. The molecule has 1 rings (SSSR count). The molecular weight excluding hydrogens is 278 g/mol. The van der Waals surface area contributed by atoms with Crippen molar-refractivity contribution in [2.24, 2.45) is 11.3 Å². The van der Waals surface area contributed by atoms with E-state index in [-0.39, 0.29) is 11.4 Å². The van der Waals surface area contributed by atoms with E-state index in [0.29, 0.717) is 5.56 Å². The molecule has 21 heavy (non-hydrogen) atoms. The molecule has 0 saturated heterocycles. The number of hydrogen-bond acceptors (Lipinski definition) is 4. The van der Waals surface area contributed by atoms with E-state index >= 15 is 0 Å². The third-order valence-electron chi connectivity index (χ3n) is 2.80. The molecule has 0 aliphatic rings. The lowest BCUT2D eigenvalue weighted by molar-refractivity contribution is -0.150. The summed E-state index contributed by atoms with van der Waals surface area (Å²) in [7, 11) is 3.03. The van der Waals surface area contributed by atoms with Crippen LogP contribution in [0.2, 0.25) is 0 Å². The van der Waals surface area contributed by atoms with Crippen LogP contribution in [-0.2, 0) is 9.53 Å². The highest BCUT2D eigenvalue weighted by molar-refractivity contribution is 5.76. The number of esters is 1. The smallest absolute Gasteiger partial charge is 0.325 e. The highest BCUT2D eigenvalue weighted by Gasteiger charge is 2.34. The number of nitrogens with two attached hydrogens (primary N) is 1. The highest BCUT2D eigenvalue weighted by Crippen LogP contribution is 2.22. The first kappa shape index (κ1) is 19.5. The Kier molecular flexibility index (Phi) is 7.46. The standard InChI is InChI=1S/C8H18N2O2.C7H6F2/c1-8(2,3)6(10(4)9)7(11)12-5;1-5-3-2-4-6(8)7(5)9/h6H,9H2,1-5H3;2-4H,1H3. The molecule has 4 nitrogen and oxygen atoms in total. The third-order valence-corrected chi connectivity index (χ3v) is 2.80. The normalized spacial score (nSPS) is 12.5. The van der Waals surface area contributed by atoms with Crippen LogP contribution in [0.1, 0.15) is 26.3 Å². The molecule has 0 aliphatic heterocycles. The average Bonchev–Trinajstić information content (AvgIpc) is 2.34. The van der Waals surface area contributed by atoms with Gasteiger partial charge in [0.15, 0.2) is 11.6 Å². The lowest BCUT2D eigenvalue weighted by Crippen LogP contribution is -2.51. The molecule has 0 radical (unpaired) electrons. The zero-order valence-electron chi connectivity index (χ0n) is 13.4. The van der Waals surface area contributed by atoms with Crippen LogP contribution in [0.15, 0.2) is 18.2 Å². The van der Waals surface area contributed by atoms with Crippen molar-refractivity contribution < 1.29 is 18.3 Å². The van der Waals surface area contributed by atoms with Crippen molar-refractivity contribution >= 4 is 5.97 Å². The lowest BCUT2D eigenvalue weighted by atomic mass is 9.86. The molecule has 1 atom stereocenters. The molecule has 0 fully saturated rings. The summed E-state index contributed by atoms with van der Waals surface area (Å²) in [4.78, 5) is 11.3. The van der Waals surface area contributed by atoms with E-state index in [1.807, 2.05) is 20.8 Å². The summed E-state index contributed by atoms with van der Waals surface area (Å²) >= 11 is 0. The van der Waals surface area contributed by atoms with Crippen molar-refractivity contribution in [1.82, 2.24) is 5.01 Å². The van der Waals surface area contributed by atoms with Crippen molar-refractivity contribution in [1.29, 1.82) is 0 Å². The minimum absolute atomic E-state index is 0.212. The molecule has 1 aromatic carbocycles. The van der Waals surface area contributed by atoms with Crippen LogP contribution >= 0.6 is 0 Å². The Morgan fingerprint density at radius 1 is 1.33 bits per heavy atom. The molecule has 0 bridgehead atoms. The molecule has 1 unspecified atom stereocenters. The van der Waals surface area contributed by atoms with E-state index in [9.17, 15) is 13.6 Å². The molecule has 0 amide bonds. The maximum Gasteiger partial charge on any atom is 0.325 e. The Bertz CT molecular complexity index is 451. The van der Waals surface area contributed by atoms with Crippen LogP contribution in [0.3, 0.4) is 0 Å². The number of ether oxygens (including phenoxy) is 1. The lowest BCUT2D eigenvalue weighted by Gasteiger charge is -2.32. The number of halogens is 2. The van der Waals surface area contributed by atoms with Crippen LogP contribution in [0, 0.1) is 24.0 Å². The van der Waals surface area contributed by atoms with Gasteiger partial charge in [-0.3, -0.25) is 10.6 Å². The molecule has 0 heterocycles. The van der Waals surface area contributed by atoms with Gasteiger partial charge < -0.3 is 4.74 Å². The molecule has 2 N–H and O–H groups in total. The van der Waals surface area contributed by atoms with Gasteiger partial charge in [-0.2, -0.15) is 0 Å². The van der Waals surface area contributed by atoms with Crippen molar-refractivity contribution in [3.8, 4) is 0 Å². The zero-order valence-corrected chi connectivity index (χ0v) is 13.4. The van der Waals surface area contributed by atoms with Gasteiger partial charge in [0.25, 0.3) is 0 Å². The number of carbonyl (C=O) groups is 1. The van der Waals surface area contributed by atoms with Gasteiger partial charge in [0.1, 0.15) is 6.04 Å². The van der Waals surface area contributed by atoms with Crippen LogP contribution < -0.4 is 5.84 Å². The van der Waals surface area contributed by atoms with E-state index in [2.05, 4.69) is 4.74 Å². The topological polar surface area (TPSA) is 55.6 Å². The van der Waals surface area contributed by atoms with E-state index in [1.54, 1.807) is 7.05 Å². The fourth-order valence-electron chi connectivity index (χ4n) is 1.85. The van der Waals surface area contributed by atoms with E-state index in [4.69, 9.17) is 5.84 Å². The van der Waals surface area contributed by atoms with E-state index in [1.165, 1.54) is 31.2 Å². The monoisotopic (exact) mass is 302 g/mol. The molecule has 0 spiro atoms. The van der Waals surface area contributed by atoms with E-state index < -0.39 is 17.7 Å². The molecule has 0 aromatic heterocycles. The van der Waals surface area contributed by atoms with Gasteiger partial charge >= 0.3 is 5.97 Å². The Morgan fingerprint density at radius 2 is 1.86 bits per heavy atom. The Morgan fingerprint density at radius 3 is 2.10 bits per heavy atom. The van der Waals surface area contributed by atoms with Gasteiger partial charge in [-0.25, -0.2) is 13.8 Å². The fourth-order valence-corrected chi connectivity index (χ4v) is 1.85. The minimum Gasteiger partial charge on any atom is -0.468 e. The number of aryl methyl sites for hydroxylation is 1. The first-order valence-electron chi connectivity index (χ1n) is 6.48. The van der Waals surface area contributed by atoms with Crippen LogP contribution in [0.25, 0.3) is 0 Å². The molecule has 0 saturated carbocycles. The number of hydrazine groups is 1. The third kappa shape index (κ3) is 6.18. The fraction of sp³-hybridized carbons (Fsp3) is 0.533. The Balaban J connectivity index is 0.000000394. The molecule has 0 aliphatic carbocycles. The highest BCUT2D eigenvalue weighted by atomic mass is 19.2. The number of likely N-dealkylation sites (N-methyl/N-ethyl adjacent to an activating group) is 1. The maximum atomic E-state index is 12.4. The summed E-state index contributed by atoms with van der Waals surface area (Å²) in [6.07, 6.45) is 0. The number of carbonyl (C=O) groups excluding carboxylic acids is 1. The second-order valence-corrected chi connectivity index (χ2v) is 5.83. The average molecular weight is 302 g/mol. The largest absolute Gasteiger partial charge is 0.468 e. The summed E-state index contributed by atoms with van der Waals surface area (Å²) < 4.78 is 29.2. The number of rotatable bonds is 2. The van der Waals surface area contributed by atoms with Crippen molar-refractivity contribution in [2.45, 2.75) is 33.7 Å². The van der Waals surface area contributed by atoms with Crippen molar-refractivity contribution in [3.63, 3.8) is 0 Å². The van der Waals surface area contributed by atoms with Gasteiger partial charge in [0, 0.05) is 7.05 Å². The van der Waals surface area contributed by atoms with E-state index in [0.717, 1.165) is 6.07 Å². The second-order valence-electron chi connectivity index (χ2n) is 5.83. The van der Waals surface area contributed by atoms with Crippen LogP contribution in [0.4, 0.5) is 8.78 Å². The molecule has 120 valence electrons. The summed E-state index contributed by atoms with van der Waals surface area (Å²) in [5.74, 6) is 3.70. The van der Waals surface area contributed by atoms with Crippen molar-refractivity contribution in [2.75, 3.05) is 14.2 Å². The molecule has 6 heteroatoms. The summed E-state index contributed by atoms with van der Waals surface area (Å²) in [6, 6.07) is 3.71. The second kappa shape index (κ2) is 8.05. The minimum atomic E-state index is -0.782. The zero-order chi connectivity index (χ0) is 16.8. The number of nitrogens with zero attached hydrogens (tertiary/aromatic N) is 1. The van der Waals surface area contributed by atoms with Gasteiger partial charge in [0.2, 0.25) is 0 Å². The van der Waals surface area contributed by atoms with Gasteiger partial charge in [-0.05, 0) is 24.0 Å². The summed E-state index contributed by atoms with van der Waals surface area (Å²) in [6.45, 7) is 7.35. The SMILES string of the molecule is COC(=O)C(N(C)N)C(C)(C)C.Cc1cccc(F)c1F. The van der Waals surface area contributed by atoms with Gasteiger partial charge in [-0.15, -0.1) is 0 Å². The Labute approximate surface area is 124 Å². The predicted octanol–water partition coefficient (Wildman–Crippen LogP) is 2.65. The number of benzene rings is 1. The first-order valence-corrected chi connectivity index (χ1v) is 6.48.